The van der Waals surface area contributed by atoms with E-state index in [2.05, 4.69) is 12.2 Å². The van der Waals surface area contributed by atoms with Crippen molar-refractivity contribution in [3.63, 3.8) is 0 Å². The van der Waals surface area contributed by atoms with Gasteiger partial charge in [0.1, 0.15) is 9.84 Å². The normalized spacial score (nSPS) is 20.7. The maximum atomic E-state index is 11.3. The van der Waals surface area contributed by atoms with Gasteiger partial charge in [0.05, 0.1) is 12.4 Å². The Morgan fingerprint density at radius 2 is 2.06 bits per heavy atom. The second-order valence-corrected chi connectivity index (χ2v) is 7.15. The van der Waals surface area contributed by atoms with Crippen LogP contribution in [-0.2, 0) is 14.6 Å². The summed E-state index contributed by atoms with van der Waals surface area (Å²) in [5.41, 5.74) is 0.00799. The molecule has 96 valence electrons. The maximum Gasteiger partial charge on any atom is 0.148 e. The zero-order chi connectivity index (χ0) is 12.2. The zero-order valence-corrected chi connectivity index (χ0v) is 11.3. The molecule has 0 bridgehead atoms. The van der Waals surface area contributed by atoms with E-state index >= 15 is 0 Å². The third-order valence-electron chi connectivity index (χ3n) is 2.92. The summed E-state index contributed by atoms with van der Waals surface area (Å²) in [5.74, 6) is 0.314. The van der Waals surface area contributed by atoms with Crippen molar-refractivity contribution in [2.75, 3.05) is 31.8 Å². The SMILES string of the molecule is CCOCC(C)NCC1(CS(C)(=O)=O)CC1. The number of hydrogen-bond donors (Lipinski definition) is 1. The van der Waals surface area contributed by atoms with E-state index in [1.54, 1.807) is 0 Å². The van der Waals surface area contributed by atoms with Crippen molar-refractivity contribution in [3.05, 3.63) is 0 Å². The first-order chi connectivity index (χ1) is 7.37. The molecule has 0 saturated heterocycles. The number of sulfone groups is 1. The van der Waals surface area contributed by atoms with Gasteiger partial charge in [-0.1, -0.05) is 0 Å². The van der Waals surface area contributed by atoms with Crippen LogP contribution in [0.15, 0.2) is 0 Å². The molecule has 0 aromatic rings. The van der Waals surface area contributed by atoms with Crippen molar-refractivity contribution in [1.29, 1.82) is 0 Å². The highest BCUT2D eigenvalue weighted by Gasteiger charge is 2.44. The summed E-state index contributed by atoms with van der Waals surface area (Å²) in [6.45, 7) is 6.23. The van der Waals surface area contributed by atoms with Crippen molar-refractivity contribution in [1.82, 2.24) is 5.32 Å². The fourth-order valence-electron chi connectivity index (χ4n) is 1.85. The lowest BCUT2D eigenvalue weighted by atomic mass is 10.1. The Hall–Kier alpha value is -0.130. The molecule has 0 radical (unpaired) electrons. The molecule has 0 aliphatic heterocycles. The average molecular weight is 249 g/mol. The zero-order valence-electron chi connectivity index (χ0n) is 10.5. The van der Waals surface area contributed by atoms with E-state index in [0.29, 0.717) is 12.4 Å². The molecule has 0 heterocycles. The van der Waals surface area contributed by atoms with Gasteiger partial charge in [0, 0.05) is 25.4 Å². The molecule has 1 rings (SSSR count). The van der Waals surface area contributed by atoms with E-state index in [1.807, 2.05) is 6.92 Å². The molecule has 1 aliphatic carbocycles. The van der Waals surface area contributed by atoms with Crippen molar-refractivity contribution < 1.29 is 13.2 Å². The third-order valence-corrected chi connectivity index (χ3v) is 4.06. The van der Waals surface area contributed by atoms with Gasteiger partial charge in [0.25, 0.3) is 0 Å². The second-order valence-electron chi connectivity index (χ2n) is 5.01. The third kappa shape index (κ3) is 5.27. The molecule has 16 heavy (non-hydrogen) atoms. The van der Waals surface area contributed by atoms with E-state index in [0.717, 1.165) is 26.0 Å². The van der Waals surface area contributed by atoms with Gasteiger partial charge in [-0.25, -0.2) is 8.42 Å². The van der Waals surface area contributed by atoms with Crippen LogP contribution in [0.3, 0.4) is 0 Å². The Labute approximate surface area is 98.7 Å². The van der Waals surface area contributed by atoms with Crippen LogP contribution in [0.4, 0.5) is 0 Å². The summed E-state index contributed by atoms with van der Waals surface area (Å²) < 4.78 is 27.8. The van der Waals surface area contributed by atoms with Gasteiger partial charge in [0.15, 0.2) is 0 Å². The molecular formula is C11H23NO3S. The summed E-state index contributed by atoms with van der Waals surface area (Å²) in [6.07, 6.45) is 3.36. The van der Waals surface area contributed by atoms with Gasteiger partial charge in [0.2, 0.25) is 0 Å². The molecule has 4 nitrogen and oxygen atoms in total. The first-order valence-corrected chi connectivity index (χ1v) is 7.92. The van der Waals surface area contributed by atoms with Crippen molar-refractivity contribution in [2.45, 2.75) is 32.7 Å². The van der Waals surface area contributed by atoms with Gasteiger partial charge >= 0.3 is 0 Å². The Morgan fingerprint density at radius 3 is 2.50 bits per heavy atom. The van der Waals surface area contributed by atoms with Crippen molar-refractivity contribution in [2.24, 2.45) is 5.41 Å². The van der Waals surface area contributed by atoms with Gasteiger partial charge in [-0.3, -0.25) is 0 Å². The van der Waals surface area contributed by atoms with Crippen LogP contribution in [0, 0.1) is 5.41 Å². The Kier molecular flexibility index (Phi) is 4.76. The number of rotatable bonds is 8. The minimum atomic E-state index is -2.86. The second kappa shape index (κ2) is 5.47. The molecule has 0 amide bonds. The van der Waals surface area contributed by atoms with E-state index in [9.17, 15) is 8.42 Å². The van der Waals surface area contributed by atoms with E-state index in [4.69, 9.17) is 4.74 Å². The van der Waals surface area contributed by atoms with E-state index < -0.39 is 9.84 Å². The highest BCUT2D eigenvalue weighted by Crippen LogP contribution is 2.46. The predicted molar refractivity (Wildman–Crippen MR) is 65.3 cm³/mol. The lowest BCUT2D eigenvalue weighted by Crippen LogP contribution is -2.37. The lowest BCUT2D eigenvalue weighted by molar-refractivity contribution is 0.126. The van der Waals surface area contributed by atoms with Crippen LogP contribution in [-0.4, -0.2) is 46.2 Å². The summed E-state index contributed by atoms with van der Waals surface area (Å²) in [4.78, 5) is 0. The van der Waals surface area contributed by atoms with Gasteiger partial charge < -0.3 is 10.1 Å². The van der Waals surface area contributed by atoms with Crippen LogP contribution in [0.1, 0.15) is 26.7 Å². The minimum Gasteiger partial charge on any atom is -0.380 e. The molecule has 1 N–H and O–H groups in total. The molecule has 5 heteroatoms. The van der Waals surface area contributed by atoms with E-state index in [-0.39, 0.29) is 11.5 Å². The van der Waals surface area contributed by atoms with Gasteiger partial charge in [-0.15, -0.1) is 0 Å². The summed E-state index contributed by atoms with van der Waals surface area (Å²) in [6, 6.07) is 0.289. The molecule has 1 atom stereocenters. The number of hydrogen-bond acceptors (Lipinski definition) is 4. The fraction of sp³-hybridized carbons (Fsp3) is 1.00. The quantitative estimate of drug-likeness (QED) is 0.692. The summed E-state index contributed by atoms with van der Waals surface area (Å²) >= 11 is 0. The number of nitrogens with one attached hydrogen (secondary N) is 1. The molecular weight excluding hydrogens is 226 g/mol. The highest BCUT2D eigenvalue weighted by atomic mass is 32.2. The molecule has 1 unspecified atom stereocenters. The van der Waals surface area contributed by atoms with Crippen molar-refractivity contribution in [3.8, 4) is 0 Å². The Balaban J connectivity index is 2.27. The molecule has 0 aromatic carbocycles. The Bertz CT molecular complexity index is 309. The molecule has 0 aromatic heterocycles. The van der Waals surface area contributed by atoms with E-state index in [1.165, 1.54) is 6.26 Å². The predicted octanol–water partition coefficient (Wildman–Crippen LogP) is 0.826. The van der Waals surface area contributed by atoms with Crippen LogP contribution in [0.5, 0.6) is 0 Å². The van der Waals surface area contributed by atoms with Gasteiger partial charge in [-0.2, -0.15) is 0 Å². The molecule has 1 aliphatic rings. The molecule has 1 saturated carbocycles. The Morgan fingerprint density at radius 1 is 1.44 bits per heavy atom. The smallest absolute Gasteiger partial charge is 0.148 e. The lowest BCUT2D eigenvalue weighted by Gasteiger charge is -2.19. The first kappa shape index (κ1) is 13.9. The van der Waals surface area contributed by atoms with Gasteiger partial charge in [-0.05, 0) is 32.1 Å². The summed E-state index contributed by atoms with van der Waals surface area (Å²) in [7, 11) is -2.86. The standard InChI is InChI=1S/C11H23NO3S/c1-4-15-7-10(2)12-8-11(5-6-11)9-16(3,13)14/h10,12H,4-9H2,1-3H3. The van der Waals surface area contributed by atoms with Crippen LogP contribution in [0.2, 0.25) is 0 Å². The highest BCUT2D eigenvalue weighted by molar-refractivity contribution is 7.90. The largest absolute Gasteiger partial charge is 0.380 e. The monoisotopic (exact) mass is 249 g/mol. The molecule has 1 fully saturated rings. The minimum absolute atomic E-state index is 0.00799. The van der Waals surface area contributed by atoms with Crippen LogP contribution in [0.25, 0.3) is 0 Å². The maximum absolute atomic E-state index is 11.3. The number of ether oxygens (including phenoxy) is 1. The topological polar surface area (TPSA) is 55.4 Å². The fourth-order valence-corrected chi connectivity index (χ4v) is 3.35. The van der Waals surface area contributed by atoms with Crippen molar-refractivity contribution >= 4 is 9.84 Å². The average Bonchev–Trinajstić information content (AvgIpc) is 2.89. The summed E-state index contributed by atoms with van der Waals surface area (Å²) in [5, 5.41) is 3.35. The molecule has 0 spiro atoms. The van der Waals surface area contributed by atoms with Crippen LogP contribution < -0.4 is 5.32 Å². The van der Waals surface area contributed by atoms with Crippen LogP contribution >= 0.6 is 0 Å². The first-order valence-electron chi connectivity index (χ1n) is 5.86.